The highest BCUT2D eigenvalue weighted by Crippen LogP contribution is 2.43. The van der Waals surface area contributed by atoms with Crippen LogP contribution in [0.4, 0.5) is 26.9 Å². The van der Waals surface area contributed by atoms with Crippen molar-refractivity contribution < 1.29 is 33.4 Å². The van der Waals surface area contributed by atoms with Crippen molar-refractivity contribution in [1.29, 1.82) is 0 Å². The average molecular weight is 935 g/mol. The molecule has 5 heterocycles. The number of anilines is 3. The van der Waals surface area contributed by atoms with Crippen molar-refractivity contribution in [2.45, 2.75) is 103 Å². The van der Waals surface area contributed by atoms with Crippen molar-refractivity contribution in [1.82, 2.24) is 50.0 Å². The lowest BCUT2D eigenvalue weighted by molar-refractivity contribution is -0.128. The van der Waals surface area contributed by atoms with Gasteiger partial charge in [-0.15, -0.1) is 0 Å². The Morgan fingerprint density at radius 3 is 2.52 bits per heavy atom. The first-order valence-electron chi connectivity index (χ1n) is 21.5. The van der Waals surface area contributed by atoms with E-state index in [0.717, 1.165) is 29.6 Å². The molecule has 1 aliphatic carbocycles. The van der Waals surface area contributed by atoms with Crippen LogP contribution in [0.1, 0.15) is 83.4 Å². The van der Waals surface area contributed by atoms with Crippen molar-refractivity contribution in [3.05, 3.63) is 64.2 Å². The van der Waals surface area contributed by atoms with Crippen LogP contribution >= 0.6 is 23.2 Å². The Hall–Kier alpha value is -6.41. The van der Waals surface area contributed by atoms with Crippen LogP contribution in [0, 0.1) is 0 Å². The maximum absolute atomic E-state index is 13.4. The number of alkyl carbamates (subject to hydrolysis) is 1. The van der Waals surface area contributed by atoms with E-state index in [4.69, 9.17) is 38.4 Å². The van der Waals surface area contributed by atoms with Gasteiger partial charge in [0.2, 0.25) is 29.5 Å². The van der Waals surface area contributed by atoms with E-state index < -0.39 is 23.8 Å². The molecule has 0 unspecified atom stereocenters. The number of carbonyl (C=O) groups excluding carboxylic acids is 5. The van der Waals surface area contributed by atoms with Crippen molar-refractivity contribution in [3.8, 4) is 5.88 Å². The highest BCUT2D eigenvalue weighted by Gasteiger charge is 2.32. The maximum atomic E-state index is 13.4. The smallest absolute Gasteiger partial charge is 0.408 e. The van der Waals surface area contributed by atoms with Gasteiger partial charge in [0.15, 0.2) is 10.8 Å². The summed E-state index contributed by atoms with van der Waals surface area (Å²) in [6.07, 6.45) is 6.20. The molecule has 4 aromatic heterocycles. The van der Waals surface area contributed by atoms with Gasteiger partial charge in [-0.3, -0.25) is 14.4 Å². The summed E-state index contributed by atoms with van der Waals surface area (Å²) in [4.78, 5) is 78.7. The molecule has 2 fully saturated rings. The molecular formula is C43H53Cl2N13O7. The number of halogens is 2. The number of carbonyl (C=O) groups is 5. The van der Waals surface area contributed by atoms with E-state index in [1.54, 1.807) is 42.4 Å². The molecule has 0 radical (unpaired) electrons. The highest BCUT2D eigenvalue weighted by molar-refractivity contribution is 6.31. The topological polar surface area (TPSA) is 254 Å². The fraction of sp³-hybridized carbons (Fsp3) is 0.465. The van der Waals surface area contributed by atoms with E-state index in [1.165, 1.54) is 19.2 Å². The van der Waals surface area contributed by atoms with E-state index in [2.05, 4.69) is 46.6 Å². The van der Waals surface area contributed by atoms with Gasteiger partial charge in [-0.1, -0.05) is 29.3 Å². The number of nitrogens with two attached hydrogens (primary N) is 1. The van der Waals surface area contributed by atoms with Gasteiger partial charge in [0.05, 0.1) is 40.2 Å². The summed E-state index contributed by atoms with van der Waals surface area (Å²) in [6, 6.07) is 7.20. The van der Waals surface area contributed by atoms with Crippen LogP contribution < -0.4 is 37.1 Å². The number of urea groups is 1. The van der Waals surface area contributed by atoms with E-state index >= 15 is 0 Å². The number of aromatic nitrogens is 6. The van der Waals surface area contributed by atoms with Gasteiger partial charge < -0.3 is 51.3 Å². The fourth-order valence-corrected chi connectivity index (χ4v) is 7.91. The van der Waals surface area contributed by atoms with Crippen LogP contribution in [0.2, 0.25) is 10.2 Å². The Morgan fingerprint density at radius 2 is 1.78 bits per heavy atom. The highest BCUT2D eigenvalue weighted by atomic mass is 35.5. The molecule has 20 nitrogen and oxygen atoms in total. The van der Waals surface area contributed by atoms with Crippen LogP contribution in [-0.2, 0) is 32.1 Å². The molecular weight excluding hydrogens is 881 g/mol. The molecule has 5 aromatic rings. The van der Waals surface area contributed by atoms with Crippen LogP contribution in [-0.4, -0.2) is 108 Å². The van der Waals surface area contributed by atoms with Gasteiger partial charge in [-0.2, -0.15) is 5.10 Å². The van der Waals surface area contributed by atoms with Gasteiger partial charge in [-0.25, -0.2) is 29.1 Å². The minimum absolute atomic E-state index is 0.0530. The van der Waals surface area contributed by atoms with Gasteiger partial charge in [0, 0.05) is 57.2 Å². The monoisotopic (exact) mass is 933 g/mol. The number of hydrogen-bond donors (Lipinski definition) is 6. The fourth-order valence-electron chi connectivity index (χ4n) is 7.58. The number of fused-ring (bicyclic) bond motifs is 2. The Balaban J connectivity index is 0.873. The number of nitrogen functional groups attached to an aromatic ring is 1. The Kier molecular flexibility index (Phi) is 14.5. The molecule has 6 amide bonds. The van der Waals surface area contributed by atoms with E-state index in [0.29, 0.717) is 66.8 Å². The third-order valence-corrected chi connectivity index (χ3v) is 11.2. The minimum Gasteiger partial charge on any atom is -0.474 e. The van der Waals surface area contributed by atoms with Crippen LogP contribution in [0.25, 0.3) is 16.7 Å². The molecule has 7 N–H and O–H groups in total. The van der Waals surface area contributed by atoms with Crippen molar-refractivity contribution >= 4 is 87.1 Å². The van der Waals surface area contributed by atoms with Gasteiger partial charge in [0.1, 0.15) is 23.9 Å². The molecule has 346 valence electrons. The van der Waals surface area contributed by atoms with E-state index in [-0.39, 0.29) is 72.3 Å². The number of nitrogens with zero attached hydrogens (tertiary/aromatic N) is 7. The number of pyridine rings is 1. The first kappa shape index (κ1) is 46.6. The number of likely N-dealkylation sites (tertiary alicyclic amines) is 1. The predicted molar refractivity (Wildman–Crippen MR) is 244 cm³/mol. The largest absolute Gasteiger partial charge is 0.474 e. The van der Waals surface area contributed by atoms with Crippen LogP contribution in [0.15, 0.2) is 42.7 Å². The number of nitrogens with one attached hydrogen (secondary N) is 5. The molecule has 1 saturated carbocycles. The van der Waals surface area contributed by atoms with Crippen LogP contribution in [0.3, 0.4) is 0 Å². The van der Waals surface area contributed by atoms with E-state index in [1.807, 2.05) is 22.8 Å². The third kappa shape index (κ3) is 12.4. The zero-order valence-corrected chi connectivity index (χ0v) is 38.1. The lowest BCUT2D eigenvalue weighted by atomic mass is 10.1. The molecule has 0 bridgehead atoms. The molecule has 0 spiro atoms. The quantitative estimate of drug-likeness (QED) is 0.0640. The lowest BCUT2D eigenvalue weighted by Gasteiger charge is -2.24. The second-order valence-corrected chi connectivity index (χ2v) is 17.9. The molecule has 2 aliphatic rings. The summed E-state index contributed by atoms with van der Waals surface area (Å²) in [5.74, 6) is 0.0214. The summed E-state index contributed by atoms with van der Waals surface area (Å²) < 4.78 is 14.8. The Labute approximate surface area is 384 Å². The SMILES string of the molecule is CC(=O)N1CC[C@@H](NC(=O)[C@H](CCCn2c(N)nc3cc(CCC(=O)NCCOc4ncc(Cl)cc4NC(=O)Nc4cnc5cc(Cl)nn5c4C4CC4)ccc32)NC(=O)OC(C)(C)C)C1. The number of hydrogen-bond acceptors (Lipinski definition) is 12. The van der Waals surface area contributed by atoms with Crippen molar-refractivity contribution in [3.63, 3.8) is 0 Å². The molecule has 1 aromatic carbocycles. The molecule has 65 heavy (non-hydrogen) atoms. The molecule has 1 aliphatic heterocycles. The van der Waals surface area contributed by atoms with Gasteiger partial charge in [0.25, 0.3) is 0 Å². The zero-order chi connectivity index (χ0) is 46.4. The number of aryl methyl sites for hydroxylation is 2. The van der Waals surface area contributed by atoms with Gasteiger partial charge in [-0.05, 0) is 83.1 Å². The summed E-state index contributed by atoms with van der Waals surface area (Å²) >= 11 is 12.3. The number of rotatable bonds is 17. The zero-order valence-electron chi connectivity index (χ0n) is 36.6. The Morgan fingerprint density at radius 1 is 1.00 bits per heavy atom. The number of ether oxygens (including phenoxy) is 2. The molecule has 22 heteroatoms. The number of amides is 6. The Bertz CT molecular complexity index is 2590. The first-order chi connectivity index (χ1) is 31.0. The van der Waals surface area contributed by atoms with Crippen molar-refractivity contribution in [2.24, 2.45) is 0 Å². The normalized spacial score (nSPS) is 15.4. The summed E-state index contributed by atoms with van der Waals surface area (Å²) in [7, 11) is 0. The lowest BCUT2D eigenvalue weighted by Crippen LogP contribution is -2.51. The average Bonchev–Trinajstić information content (AvgIpc) is 3.69. The second-order valence-electron chi connectivity index (χ2n) is 17.1. The third-order valence-electron chi connectivity index (χ3n) is 10.8. The number of imidazole rings is 1. The summed E-state index contributed by atoms with van der Waals surface area (Å²) in [5.41, 5.74) is 10.0. The first-order valence-corrected chi connectivity index (χ1v) is 22.2. The summed E-state index contributed by atoms with van der Waals surface area (Å²) in [6.45, 7) is 8.35. The molecule has 1 saturated heterocycles. The maximum Gasteiger partial charge on any atom is 0.408 e. The van der Waals surface area contributed by atoms with Crippen molar-refractivity contribution in [2.75, 3.05) is 42.6 Å². The summed E-state index contributed by atoms with van der Waals surface area (Å²) in [5, 5.41) is 19.0. The predicted octanol–water partition coefficient (Wildman–Crippen LogP) is 5.42. The molecule has 7 rings (SSSR count). The van der Waals surface area contributed by atoms with Crippen LogP contribution in [0.5, 0.6) is 5.88 Å². The second kappa shape index (κ2) is 20.2. The van der Waals surface area contributed by atoms with E-state index in [9.17, 15) is 24.0 Å². The minimum atomic E-state index is -0.881. The number of benzene rings is 1. The molecule has 2 atom stereocenters. The van der Waals surface area contributed by atoms with Gasteiger partial charge >= 0.3 is 12.1 Å². The standard InChI is InChI=1S/C43H53Cl2N13O7/c1-24(59)56-16-13-28(23-56)50-38(61)29(54-42(63)65-43(2,3)4)6-5-15-57-33-11-7-25(18-30(33)51-40(57)46)8-12-36(60)47-14-17-64-39-31(19-27(44)21-49-39)52-41(62)53-32-22-48-35-20-34(45)55-58(35)37(32)26-9-10-26/h7,11,18-22,26,28-29H,5-6,8-10,12-17,23H2,1-4H3,(H2,46,51)(H,47,60)(H,50,61)(H,54,63)(H2,52,53,62)/t28-,29+/m1/s1.